The third-order valence-corrected chi connectivity index (χ3v) is 4.98. The maximum Gasteiger partial charge on any atom is 0.339 e. The van der Waals surface area contributed by atoms with E-state index in [0.717, 1.165) is 19.3 Å². The van der Waals surface area contributed by atoms with Crippen molar-refractivity contribution in [3.05, 3.63) is 33.9 Å². The van der Waals surface area contributed by atoms with Gasteiger partial charge in [-0.05, 0) is 37.8 Å². The maximum absolute atomic E-state index is 12.3. The number of hydrogen-bond acceptors (Lipinski definition) is 6. The molecule has 0 spiro atoms. The zero-order valence-corrected chi connectivity index (χ0v) is 16.2. The van der Waals surface area contributed by atoms with Crippen molar-refractivity contribution in [1.82, 2.24) is 5.32 Å². The lowest BCUT2D eigenvalue weighted by molar-refractivity contribution is -0.384. The van der Waals surface area contributed by atoms with E-state index in [1.807, 2.05) is 0 Å². The number of amides is 1. The number of benzene rings is 1. The second-order valence-corrected chi connectivity index (χ2v) is 7.28. The molecule has 0 unspecified atom stereocenters. The number of nitrogens with one attached hydrogen (secondary N) is 1. The van der Waals surface area contributed by atoms with Gasteiger partial charge >= 0.3 is 5.97 Å². The number of carbonyl (C=O) groups is 2. The Morgan fingerprint density at radius 1 is 1.30 bits per heavy atom. The number of nitro groups is 1. The van der Waals surface area contributed by atoms with Crippen LogP contribution in [0, 0.1) is 16.0 Å². The molecule has 1 aromatic carbocycles. The van der Waals surface area contributed by atoms with Crippen LogP contribution in [0.5, 0.6) is 0 Å². The molecule has 8 nitrogen and oxygen atoms in total. The van der Waals surface area contributed by atoms with E-state index in [0.29, 0.717) is 11.6 Å². The standard InChI is InChI=1S/C19H27N3O5/c1-12-7-5-6-8-15(12)20-18(23)13(2)27-19(24)14-9-10-16(21(3)4)17(11-14)22(25)26/h9-13,15H,5-8H2,1-4H3,(H,20,23)/t12-,13-,15-/m1/s1. The molecule has 1 fully saturated rings. The van der Waals surface area contributed by atoms with Gasteiger partial charge in [-0.3, -0.25) is 14.9 Å². The van der Waals surface area contributed by atoms with Crippen LogP contribution in [0.1, 0.15) is 49.9 Å². The fraction of sp³-hybridized carbons (Fsp3) is 0.579. The average Bonchev–Trinajstić information content (AvgIpc) is 2.62. The summed E-state index contributed by atoms with van der Waals surface area (Å²) < 4.78 is 5.22. The minimum Gasteiger partial charge on any atom is -0.449 e. The van der Waals surface area contributed by atoms with E-state index in [9.17, 15) is 19.7 Å². The van der Waals surface area contributed by atoms with Crippen LogP contribution in [-0.2, 0) is 9.53 Å². The van der Waals surface area contributed by atoms with Crippen molar-refractivity contribution in [2.24, 2.45) is 5.92 Å². The van der Waals surface area contributed by atoms with Gasteiger partial charge in [0.15, 0.2) is 6.10 Å². The third-order valence-electron chi connectivity index (χ3n) is 4.98. The Kier molecular flexibility index (Phi) is 6.76. The lowest BCUT2D eigenvalue weighted by atomic mass is 9.86. The second-order valence-electron chi connectivity index (χ2n) is 7.28. The summed E-state index contributed by atoms with van der Waals surface area (Å²) in [5.41, 5.74) is 0.231. The molecule has 0 aromatic heterocycles. The van der Waals surface area contributed by atoms with Gasteiger partial charge in [-0.25, -0.2) is 4.79 Å². The highest BCUT2D eigenvalue weighted by Crippen LogP contribution is 2.28. The van der Waals surface area contributed by atoms with Crippen LogP contribution in [0.3, 0.4) is 0 Å². The molecule has 0 bridgehead atoms. The normalized spacial score (nSPS) is 20.4. The summed E-state index contributed by atoms with van der Waals surface area (Å²) in [6.07, 6.45) is 3.26. The van der Waals surface area contributed by atoms with Crippen molar-refractivity contribution in [2.75, 3.05) is 19.0 Å². The third kappa shape index (κ3) is 5.18. The van der Waals surface area contributed by atoms with E-state index < -0.39 is 17.0 Å². The van der Waals surface area contributed by atoms with Crippen molar-refractivity contribution in [3.8, 4) is 0 Å². The maximum atomic E-state index is 12.3. The molecule has 0 radical (unpaired) electrons. The Bertz CT molecular complexity index is 719. The molecular weight excluding hydrogens is 350 g/mol. The number of rotatable bonds is 6. The Hall–Kier alpha value is -2.64. The van der Waals surface area contributed by atoms with Crippen molar-refractivity contribution in [2.45, 2.75) is 51.7 Å². The first kappa shape index (κ1) is 20.7. The summed E-state index contributed by atoms with van der Waals surface area (Å²) in [6, 6.07) is 4.21. The first-order valence-electron chi connectivity index (χ1n) is 9.17. The first-order valence-corrected chi connectivity index (χ1v) is 9.17. The van der Waals surface area contributed by atoms with Crippen LogP contribution < -0.4 is 10.2 Å². The minimum absolute atomic E-state index is 0.0398. The molecule has 1 N–H and O–H groups in total. The molecule has 8 heteroatoms. The van der Waals surface area contributed by atoms with Gasteiger partial charge in [0.1, 0.15) is 5.69 Å². The second kappa shape index (κ2) is 8.83. The van der Waals surface area contributed by atoms with Gasteiger partial charge in [-0.2, -0.15) is 0 Å². The first-order chi connectivity index (χ1) is 12.7. The van der Waals surface area contributed by atoms with Crippen LogP contribution in [-0.4, -0.2) is 43.0 Å². The topological polar surface area (TPSA) is 102 Å². The molecule has 1 saturated carbocycles. The molecule has 1 aliphatic carbocycles. The van der Waals surface area contributed by atoms with Gasteiger partial charge in [0.2, 0.25) is 0 Å². The Balaban J connectivity index is 2.04. The molecule has 1 aliphatic rings. The molecule has 27 heavy (non-hydrogen) atoms. The van der Waals surface area contributed by atoms with Crippen molar-refractivity contribution in [1.29, 1.82) is 0 Å². The molecule has 3 atom stereocenters. The highest BCUT2D eigenvalue weighted by atomic mass is 16.6. The lowest BCUT2D eigenvalue weighted by Crippen LogP contribution is -2.46. The fourth-order valence-electron chi connectivity index (χ4n) is 3.29. The largest absolute Gasteiger partial charge is 0.449 e. The molecule has 148 valence electrons. The van der Waals surface area contributed by atoms with Gasteiger partial charge in [-0.15, -0.1) is 0 Å². The van der Waals surface area contributed by atoms with Crippen LogP contribution in [0.25, 0.3) is 0 Å². The minimum atomic E-state index is -0.973. The van der Waals surface area contributed by atoms with Crippen molar-refractivity contribution >= 4 is 23.3 Å². The molecule has 0 heterocycles. The number of carbonyl (C=O) groups excluding carboxylic acids is 2. The van der Waals surface area contributed by atoms with Gasteiger partial charge in [0.25, 0.3) is 11.6 Å². The van der Waals surface area contributed by atoms with E-state index in [4.69, 9.17) is 4.74 Å². The van der Waals surface area contributed by atoms with E-state index in [-0.39, 0.29) is 23.2 Å². The quantitative estimate of drug-likeness (QED) is 0.465. The summed E-state index contributed by atoms with van der Waals surface area (Å²) in [5, 5.41) is 14.2. The lowest BCUT2D eigenvalue weighted by Gasteiger charge is -2.30. The summed E-state index contributed by atoms with van der Waals surface area (Å²) >= 11 is 0. The monoisotopic (exact) mass is 377 g/mol. The van der Waals surface area contributed by atoms with Crippen LogP contribution >= 0.6 is 0 Å². The number of nitrogens with zero attached hydrogens (tertiary/aromatic N) is 2. The number of ether oxygens (including phenoxy) is 1. The highest BCUT2D eigenvalue weighted by molar-refractivity contribution is 5.93. The zero-order valence-electron chi connectivity index (χ0n) is 16.2. The molecule has 1 amide bonds. The van der Waals surface area contributed by atoms with Crippen molar-refractivity contribution < 1.29 is 19.2 Å². The molecule has 0 saturated heterocycles. The van der Waals surface area contributed by atoms with Crippen LogP contribution in [0.15, 0.2) is 18.2 Å². The van der Waals surface area contributed by atoms with E-state index in [2.05, 4.69) is 12.2 Å². The van der Waals surface area contributed by atoms with Gasteiger partial charge in [0.05, 0.1) is 10.5 Å². The number of anilines is 1. The summed E-state index contributed by atoms with van der Waals surface area (Å²) in [6.45, 7) is 3.61. The summed E-state index contributed by atoms with van der Waals surface area (Å²) in [5.74, 6) is -0.712. The number of esters is 1. The molecule has 1 aromatic rings. The zero-order chi connectivity index (χ0) is 20.1. The Morgan fingerprint density at radius 3 is 2.56 bits per heavy atom. The molecular formula is C19H27N3O5. The van der Waals surface area contributed by atoms with Crippen molar-refractivity contribution in [3.63, 3.8) is 0 Å². The predicted molar refractivity (Wildman–Crippen MR) is 102 cm³/mol. The van der Waals surface area contributed by atoms with Gasteiger partial charge < -0.3 is 15.0 Å². The van der Waals surface area contributed by atoms with E-state index in [1.54, 1.807) is 19.0 Å². The highest BCUT2D eigenvalue weighted by Gasteiger charge is 2.27. The summed E-state index contributed by atoms with van der Waals surface area (Å²) in [4.78, 5) is 37.0. The fourth-order valence-corrected chi connectivity index (χ4v) is 3.29. The van der Waals surface area contributed by atoms with Gasteiger partial charge in [0, 0.05) is 26.2 Å². The smallest absolute Gasteiger partial charge is 0.339 e. The Morgan fingerprint density at radius 2 is 1.96 bits per heavy atom. The average molecular weight is 377 g/mol. The molecule has 0 aliphatic heterocycles. The molecule has 2 rings (SSSR count). The van der Waals surface area contributed by atoms with Crippen LogP contribution in [0.2, 0.25) is 0 Å². The van der Waals surface area contributed by atoms with Gasteiger partial charge in [-0.1, -0.05) is 19.8 Å². The SMILES string of the molecule is C[C@@H]1CCCC[C@H]1NC(=O)[C@@H](C)OC(=O)c1ccc(N(C)C)c([N+](=O)[O-])c1. The number of nitro benzene ring substituents is 1. The summed E-state index contributed by atoms with van der Waals surface area (Å²) in [7, 11) is 3.36. The predicted octanol–water partition coefficient (Wildman–Crippen LogP) is 2.90. The van der Waals surface area contributed by atoms with Crippen LogP contribution in [0.4, 0.5) is 11.4 Å². The Labute approximate surface area is 159 Å². The number of hydrogen-bond donors (Lipinski definition) is 1. The van der Waals surface area contributed by atoms with E-state index in [1.165, 1.54) is 31.5 Å². The van der Waals surface area contributed by atoms with E-state index >= 15 is 0 Å².